The smallest absolute Gasteiger partial charge is 0.273 e. The van der Waals surface area contributed by atoms with Gasteiger partial charge in [0.05, 0.1) is 12.1 Å². The van der Waals surface area contributed by atoms with Crippen LogP contribution < -0.4 is 10.6 Å². The van der Waals surface area contributed by atoms with E-state index in [-0.39, 0.29) is 35.3 Å². The van der Waals surface area contributed by atoms with Crippen LogP contribution in [0.3, 0.4) is 0 Å². The third-order valence-corrected chi connectivity index (χ3v) is 8.69. The molecular weight excluding hydrogens is 478 g/mol. The molecule has 2 heterocycles. The van der Waals surface area contributed by atoms with Crippen LogP contribution in [0.15, 0.2) is 24.4 Å². The Kier molecular flexibility index (Phi) is 7.55. The van der Waals surface area contributed by atoms with E-state index in [1.807, 2.05) is 0 Å². The molecule has 8 nitrogen and oxygen atoms in total. The van der Waals surface area contributed by atoms with Gasteiger partial charge in [0.15, 0.2) is 11.5 Å². The van der Waals surface area contributed by atoms with Crippen molar-refractivity contribution < 1.29 is 18.4 Å². The number of nitrogens with one attached hydrogen (secondary N) is 2. The first-order chi connectivity index (χ1) is 17.8. The molecule has 2 aliphatic carbocycles. The Morgan fingerprint density at radius 2 is 1.89 bits per heavy atom. The van der Waals surface area contributed by atoms with E-state index in [0.717, 1.165) is 42.6 Å². The van der Waals surface area contributed by atoms with Crippen molar-refractivity contribution in [2.45, 2.75) is 76.9 Å². The number of benzene rings is 1. The highest BCUT2D eigenvalue weighted by molar-refractivity contribution is 5.92. The molecule has 0 bridgehead atoms. The van der Waals surface area contributed by atoms with Gasteiger partial charge in [0, 0.05) is 37.3 Å². The molecule has 10 heteroatoms. The van der Waals surface area contributed by atoms with Gasteiger partial charge in [-0.25, -0.2) is 13.5 Å². The highest BCUT2D eigenvalue weighted by atomic mass is 19.1. The molecule has 2 N–H and O–H groups in total. The van der Waals surface area contributed by atoms with Crippen LogP contribution in [0.2, 0.25) is 0 Å². The number of halogens is 2. The first-order valence-corrected chi connectivity index (χ1v) is 13.5. The van der Waals surface area contributed by atoms with Crippen molar-refractivity contribution in [1.29, 1.82) is 0 Å². The zero-order valence-corrected chi connectivity index (χ0v) is 21.5. The van der Waals surface area contributed by atoms with Crippen LogP contribution >= 0.6 is 0 Å². The molecular formula is C27H36F2N6O2. The highest BCUT2D eigenvalue weighted by Gasteiger charge is 2.41. The van der Waals surface area contributed by atoms with Gasteiger partial charge in [0.1, 0.15) is 11.5 Å². The normalized spacial score (nSPS) is 27.5. The van der Waals surface area contributed by atoms with Crippen molar-refractivity contribution in [2.75, 3.05) is 13.1 Å². The minimum Gasteiger partial charge on any atom is -0.353 e. The average Bonchev–Trinajstić information content (AvgIpc) is 3.47. The number of nitrogens with zero attached hydrogens (tertiary/aromatic N) is 4. The summed E-state index contributed by atoms with van der Waals surface area (Å²) >= 11 is 0. The molecule has 0 spiro atoms. The molecule has 1 aromatic carbocycles. The Morgan fingerprint density at radius 1 is 1.11 bits per heavy atom. The van der Waals surface area contributed by atoms with Crippen molar-refractivity contribution in [3.8, 4) is 5.69 Å². The summed E-state index contributed by atoms with van der Waals surface area (Å²) in [5.41, 5.74) is 0.00624. The molecule has 1 aliphatic heterocycles. The van der Waals surface area contributed by atoms with E-state index in [4.69, 9.17) is 0 Å². The van der Waals surface area contributed by atoms with E-state index in [0.29, 0.717) is 30.8 Å². The maximum absolute atomic E-state index is 14.2. The number of hydrogen-bond acceptors (Lipinski definition) is 5. The molecule has 2 saturated carbocycles. The molecule has 37 heavy (non-hydrogen) atoms. The first kappa shape index (κ1) is 25.8. The van der Waals surface area contributed by atoms with Gasteiger partial charge < -0.3 is 10.6 Å². The van der Waals surface area contributed by atoms with E-state index in [9.17, 15) is 18.4 Å². The van der Waals surface area contributed by atoms with Crippen LogP contribution in [-0.2, 0) is 4.79 Å². The maximum Gasteiger partial charge on any atom is 0.273 e. The third-order valence-electron chi connectivity index (χ3n) is 8.69. The molecule has 0 radical (unpaired) electrons. The molecule has 5 atom stereocenters. The van der Waals surface area contributed by atoms with Crippen LogP contribution in [-0.4, -0.2) is 62.9 Å². The fourth-order valence-corrected chi connectivity index (χ4v) is 6.17. The fraction of sp³-hybridized carbons (Fsp3) is 0.630. The molecule has 5 rings (SSSR count). The van der Waals surface area contributed by atoms with Gasteiger partial charge in [-0.1, -0.05) is 25.0 Å². The molecule has 1 saturated heterocycles. The lowest BCUT2D eigenvalue weighted by Crippen LogP contribution is -2.59. The van der Waals surface area contributed by atoms with Crippen molar-refractivity contribution in [1.82, 2.24) is 30.5 Å². The van der Waals surface area contributed by atoms with Crippen molar-refractivity contribution in [3.05, 3.63) is 41.7 Å². The van der Waals surface area contributed by atoms with E-state index < -0.39 is 17.5 Å². The summed E-state index contributed by atoms with van der Waals surface area (Å²) in [6.07, 6.45) is 9.03. The Hall–Kier alpha value is -2.88. The SMILES string of the molecule is CC1CCCC1N1CC[C@@H](NC(=O)c2cn(-c3ccc(F)cc3F)nn2)[C@H](C(=O)N[C@H](C)C2CCC2)C1. The second kappa shape index (κ2) is 10.8. The van der Waals surface area contributed by atoms with E-state index in [1.165, 1.54) is 31.5 Å². The lowest BCUT2D eigenvalue weighted by molar-refractivity contribution is -0.129. The number of hydrogen-bond donors (Lipinski definition) is 2. The summed E-state index contributed by atoms with van der Waals surface area (Å²) in [7, 11) is 0. The van der Waals surface area contributed by atoms with Crippen LogP contribution in [0.1, 0.15) is 69.3 Å². The van der Waals surface area contributed by atoms with Gasteiger partial charge in [-0.3, -0.25) is 14.5 Å². The van der Waals surface area contributed by atoms with Crippen LogP contribution in [0.5, 0.6) is 0 Å². The third kappa shape index (κ3) is 5.54. The average molecular weight is 515 g/mol. The molecule has 2 unspecified atom stereocenters. The van der Waals surface area contributed by atoms with Crippen LogP contribution in [0, 0.1) is 29.4 Å². The standard InChI is InChI=1S/C27H36F2N6O2/c1-16-5-3-8-24(16)34-12-11-22(20(14-34)26(36)30-17(2)18-6-4-7-18)31-27(37)23-15-35(33-32-23)25-10-9-19(28)13-21(25)29/h9-10,13,15-18,20,22,24H,3-8,11-12,14H2,1-2H3,(H,30,36)(H,31,37)/t16?,17-,20-,22-,24?/m1/s1. The molecule has 2 aromatic rings. The fourth-order valence-electron chi connectivity index (χ4n) is 6.17. The van der Waals surface area contributed by atoms with E-state index >= 15 is 0 Å². The number of carbonyl (C=O) groups excluding carboxylic acids is 2. The number of rotatable bonds is 7. The minimum absolute atomic E-state index is 0.00539. The lowest BCUT2D eigenvalue weighted by atomic mass is 9.80. The summed E-state index contributed by atoms with van der Waals surface area (Å²) in [4.78, 5) is 29.0. The molecule has 1 aromatic heterocycles. The Balaban J connectivity index is 1.29. The van der Waals surface area contributed by atoms with Gasteiger partial charge in [0.2, 0.25) is 5.91 Å². The topological polar surface area (TPSA) is 92.2 Å². The second-order valence-electron chi connectivity index (χ2n) is 11.1. The quantitative estimate of drug-likeness (QED) is 0.591. The number of piperidine rings is 1. The predicted molar refractivity (Wildman–Crippen MR) is 134 cm³/mol. The summed E-state index contributed by atoms with van der Waals surface area (Å²) in [5.74, 6) is -1.24. The van der Waals surface area contributed by atoms with Gasteiger partial charge in [-0.05, 0) is 63.0 Å². The Labute approximate surface area is 216 Å². The Bertz CT molecular complexity index is 1140. The van der Waals surface area contributed by atoms with Crippen molar-refractivity contribution in [2.24, 2.45) is 17.8 Å². The largest absolute Gasteiger partial charge is 0.353 e. The monoisotopic (exact) mass is 514 g/mol. The minimum atomic E-state index is -0.803. The van der Waals surface area contributed by atoms with E-state index in [1.54, 1.807) is 0 Å². The Morgan fingerprint density at radius 3 is 2.57 bits per heavy atom. The summed E-state index contributed by atoms with van der Waals surface area (Å²) < 4.78 is 28.5. The molecule has 200 valence electrons. The molecule has 2 amide bonds. The predicted octanol–water partition coefficient (Wildman–Crippen LogP) is 3.46. The van der Waals surface area contributed by atoms with Crippen molar-refractivity contribution in [3.63, 3.8) is 0 Å². The molecule has 3 fully saturated rings. The van der Waals surface area contributed by atoms with Crippen molar-refractivity contribution >= 4 is 11.8 Å². The number of amides is 2. The number of carbonyl (C=O) groups is 2. The lowest BCUT2D eigenvalue weighted by Gasteiger charge is -2.43. The van der Waals surface area contributed by atoms with Gasteiger partial charge in [-0.2, -0.15) is 0 Å². The highest BCUT2D eigenvalue weighted by Crippen LogP contribution is 2.33. The number of aromatic nitrogens is 3. The number of likely N-dealkylation sites (tertiary alicyclic amines) is 1. The van der Waals surface area contributed by atoms with Crippen LogP contribution in [0.25, 0.3) is 5.69 Å². The van der Waals surface area contributed by atoms with Gasteiger partial charge >= 0.3 is 0 Å². The zero-order valence-electron chi connectivity index (χ0n) is 21.5. The van der Waals surface area contributed by atoms with Gasteiger partial charge in [-0.15, -0.1) is 5.10 Å². The molecule has 3 aliphatic rings. The zero-order chi connectivity index (χ0) is 26.1. The van der Waals surface area contributed by atoms with E-state index in [2.05, 4.69) is 39.7 Å². The summed E-state index contributed by atoms with van der Waals surface area (Å²) in [6.45, 7) is 5.78. The summed E-state index contributed by atoms with van der Waals surface area (Å²) in [6, 6.07) is 3.35. The summed E-state index contributed by atoms with van der Waals surface area (Å²) in [5, 5.41) is 14.0. The van der Waals surface area contributed by atoms with Gasteiger partial charge in [0.25, 0.3) is 5.91 Å². The first-order valence-electron chi connectivity index (χ1n) is 13.5. The maximum atomic E-state index is 14.2. The second-order valence-corrected chi connectivity index (χ2v) is 11.1. The van der Waals surface area contributed by atoms with Crippen LogP contribution in [0.4, 0.5) is 8.78 Å².